The third-order valence-electron chi connectivity index (χ3n) is 10.7. The summed E-state index contributed by atoms with van der Waals surface area (Å²) in [6.07, 6.45) is 2.04. The van der Waals surface area contributed by atoms with Crippen LogP contribution in [0.25, 0.3) is 72.4 Å². The Bertz CT molecular complexity index is 2800. The van der Waals surface area contributed by atoms with Gasteiger partial charge in [0.25, 0.3) is 0 Å². The molecular weight excluding hydrogens is 947 g/mol. The topological polar surface area (TPSA) is 43.9 Å². The zero-order chi connectivity index (χ0) is 39.8. The second-order valence-electron chi connectivity index (χ2n) is 16.6. The van der Waals surface area contributed by atoms with Gasteiger partial charge in [-0.15, -0.1) is 18.2 Å². The molecule has 3 heterocycles. The van der Waals surface area contributed by atoms with Gasteiger partial charge in [-0.2, -0.15) is 0 Å². The first kappa shape index (κ1) is 41.1. The minimum atomic E-state index is -1.72. The van der Waals surface area contributed by atoms with Crippen molar-refractivity contribution < 1.29 is 24.5 Å². The molecule has 293 valence electrons. The van der Waals surface area contributed by atoms with Gasteiger partial charge in [-0.1, -0.05) is 93.2 Å². The van der Waals surface area contributed by atoms with Crippen LogP contribution in [-0.2, 0) is 20.1 Å². The molecule has 9 rings (SSSR count). The van der Waals surface area contributed by atoms with Crippen molar-refractivity contribution in [3.8, 4) is 39.5 Å². The van der Waals surface area contributed by atoms with Crippen molar-refractivity contribution in [2.75, 3.05) is 0 Å². The molecule has 0 aliphatic heterocycles. The van der Waals surface area contributed by atoms with E-state index in [1.165, 1.54) is 37.9 Å². The summed E-state index contributed by atoms with van der Waals surface area (Å²) in [6, 6.07) is 53.4. The number of imidazole rings is 1. The number of fused-ring (bicyclic) bond motifs is 4. The molecule has 0 bridgehead atoms. The van der Waals surface area contributed by atoms with Gasteiger partial charge >= 0.3 is 99.8 Å². The van der Waals surface area contributed by atoms with Crippen LogP contribution in [0.5, 0.6) is 0 Å². The van der Waals surface area contributed by atoms with Gasteiger partial charge < -0.3 is 8.98 Å². The van der Waals surface area contributed by atoms with Crippen molar-refractivity contribution >= 4 is 50.6 Å². The molecule has 0 atom stereocenters. The van der Waals surface area contributed by atoms with Crippen LogP contribution in [0, 0.1) is 19.1 Å². The van der Waals surface area contributed by atoms with E-state index in [9.17, 15) is 0 Å². The van der Waals surface area contributed by atoms with E-state index in [0.717, 1.165) is 55.6 Å². The fourth-order valence-electron chi connectivity index (χ4n) is 7.60. The molecule has 0 saturated carbocycles. The van der Waals surface area contributed by atoms with E-state index in [0.29, 0.717) is 11.8 Å². The third kappa shape index (κ3) is 8.14. The van der Waals surface area contributed by atoms with Gasteiger partial charge in [0, 0.05) is 31.2 Å². The predicted octanol–water partition coefficient (Wildman–Crippen LogP) is 13.7. The summed E-state index contributed by atoms with van der Waals surface area (Å²) in [5.74, 6) is 8.59. The molecule has 0 N–H and O–H groups in total. The molecule has 1 radical (unpaired) electrons. The smallest absolute Gasteiger partial charge is 0 e. The number of hydrogen-bond acceptors (Lipinski definition) is 3. The molecule has 6 heteroatoms. The number of rotatable bonds is 7. The van der Waals surface area contributed by atoms with Gasteiger partial charge in [0.15, 0.2) is 0 Å². The van der Waals surface area contributed by atoms with Crippen LogP contribution in [0.1, 0.15) is 56.2 Å². The molecule has 6 aromatic carbocycles. The zero-order valence-electron chi connectivity index (χ0n) is 34.5. The molecule has 0 aliphatic rings. The Hall–Kier alpha value is -5.07. The average molecular weight is 997 g/mol. The van der Waals surface area contributed by atoms with E-state index in [1.807, 2.05) is 36.5 Å². The number of benzene rings is 6. The van der Waals surface area contributed by atoms with Crippen LogP contribution >= 0.6 is 0 Å². The Kier molecular flexibility index (Phi) is 12.1. The summed E-state index contributed by atoms with van der Waals surface area (Å²) in [6.45, 7) is 11.2. The van der Waals surface area contributed by atoms with Crippen LogP contribution in [0.2, 0.25) is 17.3 Å². The summed E-state index contributed by atoms with van der Waals surface area (Å²) in [5, 5.41) is 2.20. The second kappa shape index (κ2) is 17.0. The maximum Gasteiger partial charge on any atom is 0 e. The van der Waals surface area contributed by atoms with Crippen molar-refractivity contribution in [2.24, 2.45) is 0 Å². The average Bonchev–Trinajstić information content (AvgIpc) is 3.79. The zero-order valence-corrected chi connectivity index (χ0v) is 39.0. The van der Waals surface area contributed by atoms with E-state index >= 15 is 0 Å². The summed E-state index contributed by atoms with van der Waals surface area (Å²) in [5.41, 5.74) is 14.2. The second-order valence-corrected chi connectivity index (χ2v) is 27.2. The van der Waals surface area contributed by atoms with E-state index in [-0.39, 0.29) is 20.1 Å². The molecular formula is C52H49GeIrN3O-2. The van der Waals surface area contributed by atoms with Gasteiger partial charge in [-0.25, -0.2) is 0 Å². The molecule has 0 saturated heterocycles. The van der Waals surface area contributed by atoms with Gasteiger partial charge in [0.1, 0.15) is 5.58 Å². The predicted molar refractivity (Wildman–Crippen MR) is 242 cm³/mol. The fraction of sp³-hybridized carbons (Fsp3) is 0.192. The Morgan fingerprint density at radius 1 is 0.672 bits per heavy atom. The van der Waals surface area contributed by atoms with Crippen molar-refractivity contribution in [1.29, 1.82) is 0 Å². The Morgan fingerprint density at radius 3 is 2.03 bits per heavy atom. The molecule has 0 unspecified atom stereocenters. The molecule has 4 nitrogen and oxygen atoms in total. The van der Waals surface area contributed by atoms with Crippen LogP contribution < -0.4 is 4.40 Å². The quantitative estimate of drug-likeness (QED) is 0.118. The number of hydrogen-bond donors (Lipinski definition) is 0. The van der Waals surface area contributed by atoms with Crippen molar-refractivity contribution in [2.45, 2.75) is 63.7 Å². The maximum absolute atomic E-state index is 6.55. The Labute approximate surface area is 359 Å². The van der Waals surface area contributed by atoms with Crippen molar-refractivity contribution in [3.05, 3.63) is 168 Å². The molecule has 0 amide bonds. The Balaban J connectivity index is 0.000000254. The number of nitrogens with zero attached hydrogens (tertiary/aromatic N) is 3. The minimum Gasteiger partial charge on any atom is 0 e. The van der Waals surface area contributed by atoms with Gasteiger partial charge in [-0.3, -0.25) is 4.98 Å². The molecule has 0 fully saturated rings. The molecule has 9 aromatic rings. The molecule has 3 aromatic heterocycles. The van der Waals surface area contributed by atoms with Crippen molar-refractivity contribution in [1.82, 2.24) is 14.5 Å². The van der Waals surface area contributed by atoms with Crippen molar-refractivity contribution in [3.63, 3.8) is 0 Å². The van der Waals surface area contributed by atoms with Gasteiger partial charge in [0.05, 0.1) is 22.4 Å². The van der Waals surface area contributed by atoms with Crippen LogP contribution in [0.4, 0.5) is 0 Å². The first-order valence-corrected chi connectivity index (χ1v) is 27.3. The number of aryl methyl sites for hydroxylation is 1. The largest absolute Gasteiger partial charge is 0 e. The summed E-state index contributed by atoms with van der Waals surface area (Å²) in [7, 11) is 0. The fourth-order valence-corrected chi connectivity index (χ4v) is 9.77. The first-order chi connectivity index (χ1) is 27.5. The van der Waals surface area contributed by atoms with E-state index in [4.69, 9.17) is 9.40 Å². The third-order valence-corrected chi connectivity index (χ3v) is 15.0. The maximum atomic E-state index is 6.55. The number of para-hydroxylation sites is 2. The molecule has 0 spiro atoms. The Morgan fingerprint density at radius 2 is 1.38 bits per heavy atom. The number of aromatic nitrogens is 3. The number of pyridine rings is 1. The van der Waals surface area contributed by atoms with E-state index < -0.39 is 13.3 Å². The van der Waals surface area contributed by atoms with E-state index in [1.54, 1.807) is 0 Å². The van der Waals surface area contributed by atoms with Gasteiger partial charge in [-0.05, 0) is 76.9 Å². The standard InChI is InChI=1S/C38H33N2O.C14H16GeN.Ir/c1-23(2)31-21-27(26-12-7-6-8-13-26)22-32(24(3)4)36(31)40-34-17-10-9-16-33(34)39-38(40)30-15-11-14-29-28-19-18-25(5)20-35(28)41-37(29)30;1-15(2,3)13-9-10-14(16-11-13)12-7-5-4-6-8-12;/h6-14,16-24H,1-5H3;4-7,9-11H,1-3H3;/q2*-1;. The molecule has 0 aliphatic carbocycles. The van der Waals surface area contributed by atoms with Gasteiger partial charge in [0.2, 0.25) is 0 Å². The van der Waals surface area contributed by atoms with Crippen LogP contribution in [-0.4, -0.2) is 27.8 Å². The monoisotopic (exact) mass is 998 g/mol. The van der Waals surface area contributed by atoms with Crippen LogP contribution in [0.3, 0.4) is 0 Å². The minimum absolute atomic E-state index is 0. The summed E-state index contributed by atoms with van der Waals surface area (Å²) >= 11 is -1.72. The normalized spacial score (nSPS) is 11.6. The summed E-state index contributed by atoms with van der Waals surface area (Å²) in [4.78, 5) is 9.78. The van der Waals surface area contributed by atoms with E-state index in [2.05, 4.69) is 177 Å². The number of furan rings is 1. The molecule has 58 heavy (non-hydrogen) atoms. The SMILES string of the molecule is Cc1ccc2c(c1)oc1c(-c3nc4ccccc4n3-c3c(C(C)C)cc(-c4ccccc4)cc3C(C)C)[c-]ccc12.[CH3][Ge]([CH3])([CH3])[c]1ccc(-c2[c-]cccc2)nc1.[Ir]. The summed E-state index contributed by atoms with van der Waals surface area (Å²) < 4.78 is 10.4. The first-order valence-electron chi connectivity index (χ1n) is 20.0. The van der Waals surface area contributed by atoms with Crippen LogP contribution in [0.15, 0.2) is 144 Å².